The van der Waals surface area contributed by atoms with E-state index in [1.807, 2.05) is 73.3 Å². The smallest absolute Gasteiger partial charge is 0.241 e. The molecule has 0 aliphatic heterocycles. The average Bonchev–Trinajstić information content (AvgIpc) is 3.10. The number of aromatic nitrogens is 1. The zero-order chi connectivity index (χ0) is 19.9. The minimum absolute atomic E-state index is 0.132. The van der Waals surface area contributed by atoms with E-state index < -0.39 is 6.04 Å². The molecule has 7 heteroatoms. The van der Waals surface area contributed by atoms with Gasteiger partial charge in [-0.25, -0.2) is 4.98 Å². The number of amides is 2. The van der Waals surface area contributed by atoms with Gasteiger partial charge in [0.15, 0.2) is 5.13 Å². The van der Waals surface area contributed by atoms with Crippen LogP contribution >= 0.6 is 11.3 Å². The summed E-state index contributed by atoms with van der Waals surface area (Å²) in [5.74, 6) is -0.306. The molecule has 2 amide bonds. The Balaban J connectivity index is 1.62. The summed E-state index contributed by atoms with van der Waals surface area (Å²) in [5.41, 5.74) is 1.61. The maximum Gasteiger partial charge on any atom is 0.241 e. The van der Waals surface area contributed by atoms with Gasteiger partial charge in [0.05, 0.1) is 22.8 Å². The van der Waals surface area contributed by atoms with E-state index >= 15 is 0 Å². The molecule has 0 radical (unpaired) electrons. The van der Waals surface area contributed by atoms with Crippen molar-refractivity contribution in [1.82, 2.24) is 9.88 Å². The van der Waals surface area contributed by atoms with Crippen LogP contribution in [0, 0.1) is 0 Å². The average molecular weight is 397 g/mol. The van der Waals surface area contributed by atoms with Gasteiger partial charge in [0.2, 0.25) is 11.8 Å². The summed E-state index contributed by atoms with van der Waals surface area (Å²) in [4.78, 5) is 31.4. The Bertz CT molecular complexity index is 909. The highest BCUT2D eigenvalue weighted by atomic mass is 32.1. The van der Waals surface area contributed by atoms with Crippen molar-refractivity contribution in [2.24, 2.45) is 0 Å². The van der Waals surface area contributed by atoms with Crippen molar-refractivity contribution in [2.75, 3.05) is 23.7 Å². The number of benzene rings is 2. The Morgan fingerprint density at radius 1 is 1.07 bits per heavy atom. The van der Waals surface area contributed by atoms with Gasteiger partial charge in [0.1, 0.15) is 0 Å². The van der Waals surface area contributed by atoms with E-state index in [2.05, 4.69) is 15.6 Å². The molecule has 0 fully saturated rings. The van der Waals surface area contributed by atoms with Crippen molar-refractivity contribution in [3.8, 4) is 0 Å². The van der Waals surface area contributed by atoms with Crippen LogP contribution in [0.4, 0.5) is 10.8 Å². The molecule has 0 aliphatic rings. The zero-order valence-electron chi connectivity index (χ0n) is 16.0. The Hall–Kier alpha value is -2.77. The molecule has 0 saturated carbocycles. The van der Waals surface area contributed by atoms with E-state index in [-0.39, 0.29) is 18.4 Å². The summed E-state index contributed by atoms with van der Waals surface area (Å²) < 4.78 is 1.03. The largest absolute Gasteiger partial charge is 0.325 e. The normalized spacial score (nSPS) is 12.1. The molecular weight excluding hydrogens is 372 g/mol. The van der Waals surface area contributed by atoms with Crippen LogP contribution in [-0.4, -0.2) is 40.8 Å². The van der Waals surface area contributed by atoms with Crippen molar-refractivity contribution in [3.63, 3.8) is 0 Å². The highest BCUT2D eigenvalue weighted by Crippen LogP contribution is 2.25. The molecule has 2 N–H and O–H groups in total. The third-order valence-corrected chi connectivity index (χ3v) is 5.32. The first-order valence-corrected chi connectivity index (χ1v) is 10.1. The van der Waals surface area contributed by atoms with Crippen molar-refractivity contribution >= 4 is 44.2 Å². The van der Waals surface area contributed by atoms with E-state index in [1.54, 1.807) is 0 Å². The quantitative estimate of drug-likeness (QED) is 0.604. The maximum absolute atomic E-state index is 12.6. The second-order valence-corrected chi connectivity index (χ2v) is 7.57. The number of anilines is 2. The summed E-state index contributed by atoms with van der Waals surface area (Å²) in [6.07, 6.45) is 0.845. The minimum Gasteiger partial charge on any atom is -0.325 e. The van der Waals surface area contributed by atoms with E-state index in [9.17, 15) is 9.59 Å². The number of nitrogens with zero attached hydrogens (tertiary/aromatic N) is 2. The Morgan fingerprint density at radius 2 is 1.79 bits per heavy atom. The lowest BCUT2D eigenvalue weighted by molar-refractivity contribution is -0.123. The molecule has 6 nitrogen and oxygen atoms in total. The standard InChI is InChI=1S/C21H24N4O2S/c1-3-13-25(15(2)20(27)22-16-9-5-4-6-10-16)14-19(26)24-21-23-17-11-7-8-12-18(17)28-21/h4-12,15H,3,13-14H2,1-2H3,(H,22,27)(H,23,24,26). The zero-order valence-corrected chi connectivity index (χ0v) is 16.8. The number of carbonyl (C=O) groups excluding carboxylic acids is 2. The van der Waals surface area contributed by atoms with Crippen LogP contribution in [0.3, 0.4) is 0 Å². The van der Waals surface area contributed by atoms with Crippen LogP contribution in [0.2, 0.25) is 0 Å². The molecule has 146 valence electrons. The molecular formula is C21H24N4O2S. The number of thiazole rings is 1. The molecule has 2 aromatic carbocycles. The third kappa shape index (κ3) is 5.15. The molecule has 0 bridgehead atoms. The number of hydrogen-bond donors (Lipinski definition) is 2. The van der Waals surface area contributed by atoms with E-state index in [0.29, 0.717) is 11.7 Å². The number of fused-ring (bicyclic) bond motifs is 1. The second-order valence-electron chi connectivity index (χ2n) is 6.54. The number of carbonyl (C=O) groups is 2. The SMILES string of the molecule is CCCN(CC(=O)Nc1nc2ccccc2s1)C(C)C(=O)Nc1ccccc1. The molecule has 1 unspecified atom stereocenters. The van der Waals surface area contributed by atoms with Crippen LogP contribution in [0.1, 0.15) is 20.3 Å². The van der Waals surface area contributed by atoms with Crippen molar-refractivity contribution in [3.05, 3.63) is 54.6 Å². The summed E-state index contributed by atoms with van der Waals surface area (Å²) in [6, 6.07) is 16.7. The predicted molar refractivity (Wildman–Crippen MR) is 115 cm³/mol. The Labute approximate surface area is 168 Å². The monoisotopic (exact) mass is 396 g/mol. The van der Waals surface area contributed by atoms with Crippen LogP contribution in [0.25, 0.3) is 10.2 Å². The van der Waals surface area contributed by atoms with Gasteiger partial charge in [-0.2, -0.15) is 0 Å². The first-order valence-electron chi connectivity index (χ1n) is 9.32. The molecule has 1 heterocycles. The Kier molecular flexibility index (Phi) is 6.73. The molecule has 0 aliphatic carbocycles. The molecule has 1 aromatic heterocycles. The van der Waals surface area contributed by atoms with Gasteiger partial charge >= 0.3 is 0 Å². The summed E-state index contributed by atoms with van der Waals surface area (Å²) in [6.45, 7) is 4.63. The highest BCUT2D eigenvalue weighted by molar-refractivity contribution is 7.22. The van der Waals surface area contributed by atoms with Gasteiger partial charge in [-0.3, -0.25) is 14.5 Å². The summed E-state index contributed by atoms with van der Waals surface area (Å²) in [7, 11) is 0. The molecule has 28 heavy (non-hydrogen) atoms. The summed E-state index contributed by atoms with van der Waals surface area (Å²) in [5, 5.41) is 6.33. The molecule has 1 atom stereocenters. The topological polar surface area (TPSA) is 74.3 Å². The highest BCUT2D eigenvalue weighted by Gasteiger charge is 2.23. The number of rotatable bonds is 8. The van der Waals surface area contributed by atoms with E-state index in [0.717, 1.165) is 22.3 Å². The lowest BCUT2D eigenvalue weighted by Crippen LogP contribution is -2.46. The molecule has 0 saturated heterocycles. The minimum atomic E-state index is -0.429. The van der Waals surface area contributed by atoms with Crippen molar-refractivity contribution in [1.29, 1.82) is 0 Å². The van der Waals surface area contributed by atoms with E-state index in [1.165, 1.54) is 11.3 Å². The number of nitrogens with one attached hydrogen (secondary N) is 2. The fraction of sp³-hybridized carbons (Fsp3) is 0.286. The third-order valence-electron chi connectivity index (χ3n) is 4.37. The Morgan fingerprint density at radius 3 is 2.50 bits per heavy atom. The van der Waals surface area contributed by atoms with E-state index in [4.69, 9.17) is 0 Å². The predicted octanol–water partition coefficient (Wildman–Crippen LogP) is 3.97. The van der Waals surface area contributed by atoms with Crippen LogP contribution in [0.5, 0.6) is 0 Å². The first-order chi connectivity index (χ1) is 13.6. The molecule has 3 aromatic rings. The number of para-hydroxylation sites is 2. The maximum atomic E-state index is 12.6. The molecule has 0 spiro atoms. The molecule has 3 rings (SSSR count). The van der Waals surface area contributed by atoms with Gasteiger partial charge in [-0.15, -0.1) is 0 Å². The van der Waals surface area contributed by atoms with Gasteiger partial charge < -0.3 is 10.6 Å². The van der Waals surface area contributed by atoms with Crippen molar-refractivity contribution in [2.45, 2.75) is 26.3 Å². The van der Waals surface area contributed by atoms with Gasteiger partial charge in [0.25, 0.3) is 0 Å². The van der Waals surface area contributed by atoms with Crippen molar-refractivity contribution < 1.29 is 9.59 Å². The van der Waals surface area contributed by atoms with Gasteiger partial charge in [-0.1, -0.05) is 48.6 Å². The second kappa shape index (κ2) is 9.43. The lowest BCUT2D eigenvalue weighted by atomic mass is 10.2. The van der Waals surface area contributed by atoms with Gasteiger partial charge in [-0.05, 0) is 44.2 Å². The van der Waals surface area contributed by atoms with Crippen LogP contribution in [-0.2, 0) is 9.59 Å². The first kappa shape index (κ1) is 20.0. The van der Waals surface area contributed by atoms with Gasteiger partial charge in [0, 0.05) is 5.69 Å². The fourth-order valence-corrected chi connectivity index (χ4v) is 3.78. The van der Waals surface area contributed by atoms with Crippen LogP contribution < -0.4 is 10.6 Å². The number of hydrogen-bond acceptors (Lipinski definition) is 5. The van der Waals surface area contributed by atoms with Crippen LogP contribution in [0.15, 0.2) is 54.6 Å². The fourth-order valence-electron chi connectivity index (χ4n) is 2.90. The lowest BCUT2D eigenvalue weighted by Gasteiger charge is -2.27. The summed E-state index contributed by atoms with van der Waals surface area (Å²) >= 11 is 1.44.